The number of nitrogen functional groups attached to an aromatic ring is 1. The molecule has 0 amide bonds. The monoisotopic (exact) mass is 332 g/mol. The van der Waals surface area contributed by atoms with Crippen LogP contribution in [-0.2, 0) is 10.4 Å². The van der Waals surface area contributed by atoms with E-state index in [-0.39, 0.29) is 22.9 Å². The SMILES string of the molecule is COc1c(NNCCCN(C)C)cc(N)c2c1OS(=O)(=O)O2. The van der Waals surface area contributed by atoms with Crippen LogP contribution in [0, 0.1) is 0 Å². The highest BCUT2D eigenvalue weighted by molar-refractivity contribution is 7.82. The first-order valence-corrected chi connectivity index (χ1v) is 7.95. The summed E-state index contributed by atoms with van der Waals surface area (Å²) in [4.78, 5) is 2.08. The standard InChI is InChI=1S/C12H20N4O5S/c1-16(2)6-4-5-14-15-9-7-8(13)10-12(11(9)19-3)21-22(17,18)20-10/h7,14-15H,4-6,13H2,1-3H3. The van der Waals surface area contributed by atoms with Gasteiger partial charge in [0.2, 0.25) is 11.5 Å². The highest BCUT2D eigenvalue weighted by atomic mass is 32.3. The summed E-state index contributed by atoms with van der Waals surface area (Å²) in [7, 11) is 1.26. The third kappa shape index (κ3) is 3.64. The van der Waals surface area contributed by atoms with Gasteiger partial charge < -0.3 is 29.2 Å². The summed E-state index contributed by atoms with van der Waals surface area (Å²) in [6.07, 6.45) is 0.927. The van der Waals surface area contributed by atoms with Crippen LogP contribution in [0.4, 0.5) is 11.4 Å². The van der Waals surface area contributed by atoms with E-state index in [9.17, 15) is 8.42 Å². The van der Waals surface area contributed by atoms with Gasteiger partial charge in [0, 0.05) is 6.54 Å². The van der Waals surface area contributed by atoms with E-state index in [1.54, 1.807) is 0 Å². The average molecular weight is 332 g/mol. The highest BCUT2D eigenvalue weighted by Gasteiger charge is 2.35. The number of hydrazine groups is 1. The lowest BCUT2D eigenvalue weighted by Gasteiger charge is -2.15. The van der Waals surface area contributed by atoms with Gasteiger partial charge in [-0.15, -0.1) is 8.42 Å². The fourth-order valence-corrected chi connectivity index (χ4v) is 2.73. The second kappa shape index (κ2) is 6.46. The molecular formula is C12H20N4O5S. The first-order valence-electron chi connectivity index (χ1n) is 6.62. The minimum absolute atomic E-state index is 0.0555. The van der Waals surface area contributed by atoms with Gasteiger partial charge in [-0.05, 0) is 33.1 Å². The van der Waals surface area contributed by atoms with Crippen molar-refractivity contribution >= 4 is 21.8 Å². The van der Waals surface area contributed by atoms with E-state index in [2.05, 4.69) is 19.9 Å². The lowest BCUT2D eigenvalue weighted by Crippen LogP contribution is -2.26. The molecule has 0 atom stereocenters. The van der Waals surface area contributed by atoms with Crippen molar-refractivity contribution < 1.29 is 21.5 Å². The topological polar surface area (TPSA) is 115 Å². The van der Waals surface area contributed by atoms with Crippen molar-refractivity contribution in [2.75, 3.05) is 45.5 Å². The maximum absolute atomic E-state index is 11.4. The number of benzene rings is 1. The number of hydrogen-bond donors (Lipinski definition) is 3. The molecular weight excluding hydrogens is 312 g/mol. The van der Waals surface area contributed by atoms with Crippen LogP contribution in [0.25, 0.3) is 0 Å². The zero-order valence-corrected chi connectivity index (χ0v) is 13.5. The number of methoxy groups -OCH3 is 1. The molecule has 9 nitrogen and oxygen atoms in total. The molecule has 1 aliphatic heterocycles. The molecule has 0 radical (unpaired) electrons. The highest BCUT2D eigenvalue weighted by Crippen LogP contribution is 2.51. The second-order valence-electron chi connectivity index (χ2n) is 4.99. The van der Waals surface area contributed by atoms with Crippen LogP contribution in [0.5, 0.6) is 17.2 Å². The predicted octanol–water partition coefficient (Wildman–Crippen LogP) is 0.162. The van der Waals surface area contributed by atoms with Crippen LogP contribution in [0.1, 0.15) is 6.42 Å². The van der Waals surface area contributed by atoms with Gasteiger partial charge in [-0.25, -0.2) is 5.43 Å². The number of ether oxygens (including phenoxy) is 1. The van der Waals surface area contributed by atoms with Crippen molar-refractivity contribution in [3.8, 4) is 17.2 Å². The number of nitrogens with one attached hydrogen (secondary N) is 2. The molecule has 0 fully saturated rings. The summed E-state index contributed by atoms with van der Waals surface area (Å²) in [5.74, 6) is 0.0838. The third-order valence-electron chi connectivity index (χ3n) is 2.92. The molecule has 0 unspecified atom stereocenters. The number of hydrogen-bond acceptors (Lipinski definition) is 9. The third-order valence-corrected chi connectivity index (χ3v) is 3.67. The van der Waals surface area contributed by atoms with Crippen LogP contribution in [0.15, 0.2) is 6.07 Å². The van der Waals surface area contributed by atoms with E-state index < -0.39 is 10.4 Å². The molecule has 10 heteroatoms. The van der Waals surface area contributed by atoms with E-state index in [0.717, 1.165) is 13.0 Å². The Morgan fingerprint density at radius 2 is 2.00 bits per heavy atom. The average Bonchev–Trinajstić information content (AvgIpc) is 2.74. The van der Waals surface area contributed by atoms with E-state index in [4.69, 9.17) is 14.7 Å². The molecule has 0 aliphatic carbocycles. The van der Waals surface area contributed by atoms with Gasteiger partial charge >= 0.3 is 10.4 Å². The van der Waals surface area contributed by atoms with Crippen molar-refractivity contribution in [2.45, 2.75) is 6.42 Å². The smallest absolute Gasteiger partial charge is 0.491 e. The zero-order chi connectivity index (χ0) is 16.3. The molecule has 1 heterocycles. The van der Waals surface area contributed by atoms with Gasteiger partial charge in [0.1, 0.15) is 0 Å². The first kappa shape index (κ1) is 16.5. The molecule has 0 saturated heterocycles. The van der Waals surface area contributed by atoms with Crippen molar-refractivity contribution in [3.63, 3.8) is 0 Å². The van der Waals surface area contributed by atoms with Crippen molar-refractivity contribution in [1.82, 2.24) is 10.3 Å². The Hall–Kier alpha value is -1.91. The van der Waals surface area contributed by atoms with Crippen LogP contribution in [0.3, 0.4) is 0 Å². The molecule has 1 aliphatic rings. The number of anilines is 2. The summed E-state index contributed by atoms with van der Waals surface area (Å²) < 4.78 is 37.4. The van der Waals surface area contributed by atoms with E-state index in [0.29, 0.717) is 12.2 Å². The van der Waals surface area contributed by atoms with Crippen LogP contribution >= 0.6 is 0 Å². The molecule has 0 aromatic heterocycles. The Bertz CT molecular complexity index is 647. The fourth-order valence-electron chi connectivity index (χ4n) is 1.96. The van der Waals surface area contributed by atoms with Crippen molar-refractivity contribution in [2.24, 2.45) is 0 Å². The minimum atomic E-state index is -4.13. The van der Waals surface area contributed by atoms with Gasteiger partial charge in [0.05, 0.1) is 18.5 Å². The zero-order valence-electron chi connectivity index (χ0n) is 12.7. The largest absolute Gasteiger partial charge is 0.501 e. The minimum Gasteiger partial charge on any atom is -0.491 e. The Balaban J connectivity index is 2.11. The van der Waals surface area contributed by atoms with Crippen molar-refractivity contribution in [1.29, 1.82) is 0 Å². The summed E-state index contributed by atoms with van der Waals surface area (Å²) in [5, 5.41) is 0. The van der Waals surface area contributed by atoms with Crippen molar-refractivity contribution in [3.05, 3.63) is 6.07 Å². The summed E-state index contributed by atoms with van der Waals surface area (Å²) in [6.45, 7) is 1.64. The summed E-state index contributed by atoms with van der Waals surface area (Å²) in [5.41, 5.74) is 12.3. The van der Waals surface area contributed by atoms with Gasteiger partial charge in [0.15, 0.2) is 5.75 Å². The van der Waals surface area contributed by atoms with Gasteiger partial charge in [-0.1, -0.05) is 0 Å². The summed E-state index contributed by atoms with van der Waals surface area (Å²) >= 11 is 0. The quantitative estimate of drug-likeness (QED) is 0.365. The molecule has 124 valence electrons. The van der Waals surface area contributed by atoms with Gasteiger partial charge in [0.25, 0.3) is 0 Å². The lowest BCUT2D eigenvalue weighted by molar-refractivity contribution is 0.391. The Kier molecular flexibility index (Phi) is 4.84. The van der Waals surface area contributed by atoms with Crippen LogP contribution in [-0.4, -0.2) is 47.6 Å². The number of fused-ring (bicyclic) bond motifs is 1. The maximum Gasteiger partial charge on any atom is 0.501 e. The van der Waals surface area contributed by atoms with E-state index in [1.807, 2.05) is 14.1 Å². The molecule has 2 rings (SSSR count). The maximum atomic E-state index is 11.4. The normalized spacial score (nSPS) is 15.1. The second-order valence-corrected chi connectivity index (χ2v) is 6.14. The number of nitrogens with zero attached hydrogens (tertiary/aromatic N) is 1. The van der Waals surface area contributed by atoms with Crippen LogP contribution in [0.2, 0.25) is 0 Å². The van der Waals surface area contributed by atoms with E-state index >= 15 is 0 Å². The molecule has 1 aromatic rings. The van der Waals surface area contributed by atoms with Crippen LogP contribution < -0.4 is 29.7 Å². The molecule has 0 bridgehead atoms. The lowest BCUT2D eigenvalue weighted by atomic mass is 10.2. The van der Waals surface area contributed by atoms with E-state index in [1.165, 1.54) is 13.2 Å². The molecule has 22 heavy (non-hydrogen) atoms. The Labute approximate surface area is 129 Å². The molecule has 4 N–H and O–H groups in total. The van der Waals surface area contributed by atoms with Gasteiger partial charge in [-0.3, -0.25) is 0 Å². The fraction of sp³-hybridized carbons (Fsp3) is 0.500. The molecule has 1 aromatic carbocycles. The first-order chi connectivity index (χ1) is 10.3. The molecule has 0 saturated carbocycles. The summed E-state index contributed by atoms with van der Waals surface area (Å²) in [6, 6.07) is 1.51. The predicted molar refractivity (Wildman–Crippen MR) is 82.4 cm³/mol. The Morgan fingerprint density at radius 3 is 2.64 bits per heavy atom. The number of rotatable bonds is 7. The van der Waals surface area contributed by atoms with Gasteiger partial charge in [-0.2, -0.15) is 0 Å². The number of nitrogens with two attached hydrogens (primary N) is 1. The molecule has 0 spiro atoms. The Morgan fingerprint density at radius 1 is 1.32 bits per heavy atom.